The molecule has 1 amide bonds. The van der Waals surface area contributed by atoms with Crippen molar-refractivity contribution in [2.45, 2.75) is 6.54 Å². The van der Waals surface area contributed by atoms with Gasteiger partial charge in [0.05, 0.1) is 30.6 Å². The molecule has 5 rings (SSSR count). The highest BCUT2D eigenvalue weighted by Gasteiger charge is 2.15. The second-order valence-electron chi connectivity index (χ2n) is 8.20. The maximum atomic E-state index is 13.4. The zero-order valence-corrected chi connectivity index (χ0v) is 19.2. The number of pyridine rings is 1. The number of nitrogens with one attached hydrogen (secondary N) is 2. The van der Waals surface area contributed by atoms with E-state index in [1.165, 1.54) is 19.3 Å². The first kappa shape index (κ1) is 23.0. The van der Waals surface area contributed by atoms with Crippen LogP contribution in [0, 0.1) is 11.6 Å². The van der Waals surface area contributed by atoms with E-state index in [0.29, 0.717) is 17.1 Å². The Balaban J connectivity index is 1.49. The van der Waals surface area contributed by atoms with Gasteiger partial charge < -0.3 is 20.1 Å². The molecule has 0 aliphatic rings. The molecule has 3 aromatic carbocycles. The van der Waals surface area contributed by atoms with Gasteiger partial charge in [-0.2, -0.15) is 0 Å². The number of aromatic amines is 1. The number of amides is 1. The van der Waals surface area contributed by atoms with Gasteiger partial charge in [0.2, 0.25) is 5.91 Å². The topological polar surface area (TPSA) is 87.2 Å². The number of hydrogen-bond donors (Lipinski definition) is 3. The van der Waals surface area contributed by atoms with E-state index >= 15 is 0 Å². The number of aromatic hydroxyl groups is 1. The molecule has 0 aliphatic carbocycles. The minimum atomic E-state index is -0.718. The summed E-state index contributed by atoms with van der Waals surface area (Å²) < 4.78 is 32.0. The number of fused-ring (bicyclic) bond motifs is 3. The second kappa shape index (κ2) is 9.50. The summed E-state index contributed by atoms with van der Waals surface area (Å²) in [4.78, 5) is 20.6. The van der Waals surface area contributed by atoms with Crippen molar-refractivity contribution in [2.75, 3.05) is 7.11 Å². The number of para-hydroxylation sites is 1. The van der Waals surface area contributed by atoms with Gasteiger partial charge in [-0.1, -0.05) is 18.2 Å². The van der Waals surface area contributed by atoms with Crippen LogP contribution in [0.5, 0.6) is 11.5 Å². The fourth-order valence-electron chi connectivity index (χ4n) is 4.10. The van der Waals surface area contributed by atoms with E-state index in [1.54, 1.807) is 18.2 Å². The molecule has 0 spiro atoms. The minimum Gasteiger partial charge on any atom is -0.504 e. The van der Waals surface area contributed by atoms with Crippen molar-refractivity contribution in [1.29, 1.82) is 0 Å². The predicted molar refractivity (Wildman–Crippen MR) is 134 cm³/mol. The zero-order chi connectivity index (χ0) is 25.2. The van der Waals surface area contributed by atoms with Crippen molar-refractivity contribution in [3.05, 3.63) is 95.7 Å². The van der Waals surface area contributed by atoms with Gasteiger partial charge in [0.25, 0.3) is 0 Å². The number of hydrogen-bond acceptors (Lipinski definition) is 4. The van der Waals surface area contributed by atoms with Gasteiger partial charge in [-0.05, 0) is 54.1 Å². The number of ether oxygens (including phenoxy) is 1. The molecular formula is C28H21F2N3O3. The van der Waals surface area contributed by atoms with E-state index in [9.17, 15) is 18.7 Å². The van der Waals surface area contributed by atoms with Gasteiger partial charge in [-0.15, -0.1) is 0 Å². The fourth-order valence-corrected chi connectivity index (χ4v) is 4.10. The van der Waals surface area contributed by atoms with Gasteiger partial charge >= 0.3 is 0 Å². The zero-order valence-electron chi connectivity index (χ0n) is 19.2. The van der Waals surface area contributed by atoms with Crippen LogP contribution in [-0.2, 0) is 11.3 Å². The SMILES string of the molecule is COc1cc(-c2nc(CNC(=O)/C=C/c3cc(F)cc(F)c3)cc3c2[nH]c2ccccc23)ccc1O. The van der Waals surface area contributed by atoms with Crippen LogP contribution in [0.15, 0.2) is 72.8 Å². The quantitative estimate of drug-likeness (QED) is 0.269. The first-order chi connectivity index (χ1) is 17.4. The Bertz CT molecular complexity index is 1620. The number of carbonyl (C=O) groups excluding carboxylic acids is 1. The molecular weight excluding hydrogens is 464 g/mol. The Morgan fingerprint density at radius 3 is 2.61 bits per heavy atom. The summed E-state index contributed by atoms with van der Waals surface area (Å²) >= 11 is 0. The van der Waals surface area contributed by atoms with Gasteiger partial charge in [0, 0.05) is 34.0 Å². The molecule has 8 heteroatoms. The van der Waals surface area contributed by atoms with Crippen LogP contribution < -0.4 is 10.1 Å². The largest absolute Gasteiger partial charge is 0.504 e. The van der Waals surface area contributed by atoms with Crippen LogP contribution in [0.3, 0.4) is 0 Å². The summed E-state index contributed by atoms with van der Waals surface area (Å²) in [7, 11) is 1.47. The molecule has 0 bridgehead atoms. The van der Waals surface area contributed by atoms with E-state index in [1.807, 2.05) is 30.3 Å². The van der Waals surface area contributed by atoms with Crippen LogP contribution in [0.1, 0.15) is 11.3 Å². The number of H-pyrrole nitrogens is 1. The highest BCUT2D eigenvalue weighted by Crippen LogP contribution is 2.36. The summed E-state index contributed by atoms with van der Waals surface area (Å²) in [5.41, 5.74) is 3.96. The Hall–Kier alpha value is -4.72. The summed E-state index contributed by atoms with van der Waals surface area (Å²) in [6.07, 6.45) is 2.55. The molecule has 0 unspecified atom stereocenters. The smallest absolute Gasteiger partial charge is 0.244 e. The van der Waals surface area contributed by atoms with Gasteiger partial charge in [0.15, 0.2) is 11.5 Å². The third kappa shape index (κ3) is 4.61. The number of carbonyl (C=O) groups is 1. The van der Waals surface area contributed by atoms with Crippen molar-refractivity contribution in [2.24, 2.45) is 0 Å². The Labute approximate surface area is 204 Å². The summed E-state index contributed by atoms with van der Waals surface area (Å²) in [6.45, 7) is 0.123. The number of phenols is 1. The molecule has 180 valence electrons. The molecule has 36 heavy (non-hydrogen) atoms. The van der Waals surface area contributed by atoms with Crippen molar-refractivity contribution in [1.82, 2.24) is 15.3 Å². The van der Waals surface area contributed by atoms with Crippen LogP contribution in [-0.4, -0.2) is 28.1 Å². The predicted octanol–water partition coefficient (Wildman–Crippen LogP) is 5.71. The highest BCUT2D eigenvalue weighted by molar-refractivity contribution is 6.11. The lowest BCUT2D eigenvalue weighted by Crippen LogP contribution is -2.21. The van der Waals surface area contributed by atoms with E-state index in [0.717, 1.165) is 45.6 Å². The molecule has 2 aromatic heterocycles. The molecule has 3 N–H and O–H groups in total. The average Bonchev–Trinajstić information content (AvgIpc) is 3.24. The Morgan fingerprint density at radius 2 is 1.83 bits per heavy atom. The number of aromatic nitrogens is 2. The lowest BCUT2D eigenvalue weighted by atomic mass is 10.1. The second-order valence-corrected chi connectivity index (χ2v) is 8.20. The Kier molecular flexibility index (Phi) is 6.08. The molecule has 6 nitrogen and oxygen atoms in total. The highest BCUT2D eigenvalue weighted by atomic mass is 19.1. The van der Waals surface area contributed by atoms with Crippen molar-refractivity contribution in [3.63, 3.8) is 0 Å². The summed E-state index contributed by atoms with van der Waals surface area (Å²) in [6, 6.07) is 17.8. The molecule has 0 saturated heterocycles. The number of phenolic OH excluding ortho intramolecular Hbond substituents is 1. The first-order valence-electron chi connectivity index (χ1n) is 11.1. The van der Waals surface area contributed by atoms with Crippen molar-refractivity contribution >= 4 is 33.8 Å². The molecule has 0 fully saturated rings. The van der Waals surface area contributed by atoms with E-state index in [-0.39, 0.29) is 17.9 Å². The lowest BCUT2D eigenvalue weighted by molar-refractivity contribution is -0.116. The summed E-state index contributed by atoms with van der Waals surface area (Å²) in [5, 5.41) is 14.7. The van der Waals surface area contributed by atoms with E-state index in [4.69, 9.17) is 9.72 Å². The number of halogens is 2. The maximum absolute atomic E-state index is 13.4. The molecule has 2 heterocycles. The van der Waals surface area contributed by atoms with E-state index in [2.05, 4.69) is 10.3 Å². The van der Waals surface area contributed by atoms with Crippen molar-refractivity contribution < 1.29 is 23.4 Å². The average molecular weight is 485 g/mol. The lowest BCUT2D eigenvalue weighted by Gasteiger charge is -2.10. The monoisotopic (exact) mass is 485 g/mol. The van der Waals surface area contributed by atoms with Crippen LogP contribution in [0.4, 0.5) is 8.78 Å². The molecule has 5 aromatic rings. The fraction of sp³-hybridized carbons (Fsp3) is 0.0714. The van der Waals surface area contributed by atoms with Crippen LogP contribution in [0.25, 0.3) is 39.1 Å². The minimum absolute atomic E-state index is 0.0162. The van der Waals surface area contributed by atoms with Gasteiger partial charge in [-0.25, -0.2) is 13.8 Å². The molecule has 0 aliphatic heterocycles. The molecule has 0 atom stereocenters. The first-order valence-corrected chi connectivity index (χ1v) is 11.1. The third-order valence-electron chi connectivity index (χ3n) is 5.76. The number of methoxy groups -OCH3 is 1. The molecule has 0 radical (unpaired) electrons. The molecule has 0 saturated carbocycles. The maximum Gasteiger partial charge on any atom is 0.244 e. The van der Waals surface area contributed by atoms with Crippen LogP contribution in [0.2, 0.25) is 0 Å². The standard InChI is InChI=1S/C28H21F2N3O3/c1-36-25-12-17(7-8-24(25)34)27-28-22(21-4-2-3-5-23(21)33-28)14-20(32-27)15-31-26(35)9-6-16-10-18(29)13-19(30)11-16/h2-14,33-34H,15H2,1H3,(H,31,35)/b9-6+. The van der Waals surface area contributed by atoms with Crippen LogP contribution >= 0.6 is 0 Å². The van der Waals surface area contributed by atoms with Gasteiger partial charge in [-0.3, -0.25) is 4.79 Å². The number of nitrogens with zero attached hydrogens (tertiary/aromatic N) is 1. The number of rotatable bonds is 6. The Morgan fingerprint density at radius 1 is 1.06 bits per heavy atom. The normalized spacial score (nSPS) is 11.4. The van der Waals surface area contributed by atoms with Crippen molar-refractivity contribution in [3.8, 4) is 22.8 Å². The van der Waals surface area contributed by atoms with E-state index < -0.39 is 17.5 Å². The van der Waals surface area contributed by atoms with Gasteiger partial charge in [0.1, 0.15) is 11.6 Å². The summed E-state index contributed by atoms with van der Waals surface area (Å²) in [5.74, 6) is -1.54. The third-order valence-corrected chi connectivity index (χ3v) is 5.76. The number of benzene rings is 3.